The standard InChI is InChI=1S/C26H33N3O3/c1-19-18-23(30)25(26(31)28(5)20(2)24-12-9-17-32-24)22(29(19)16-15-27(3)4)14-13-21-10-7-6-8-11-21/h6-12,17-18,20H,13-16H2,1-5H3. The van der Waals surface area contributed by atoms with Gasteiger partial charge in [0.1, 0.15) is 11.3 Å². The van der Waals surface area contributed by atoms with Crippen molar-refractivity contribution in [2.45, 2.75) is 39.3 Å². The van der Waals surface area contributed by atoms with Gasteiger partial charge < -0.3 is 18.8 Å². The van der Waals surface area contributed by atoms with E-state index in [9.17, 15) is 9.59 Å². The Labute approximate surface area is 190 Å². The van der Waals surface area contributed by atoms with Crippen LogP contribution in [0.15, 0.2) is 64.0 Å². The van der Waals surface area contributed by atoms with Crippen LogP contribution in [0.2, 0.25) is 0 Å². The van der Waals surface area contributed by atoms with Crippen LogP contribution in [0.3, 0.4) is 0 Å². The van der Waals surface area contributed by atoms with Crippen LogP contribution in [-0.4, -0.2) is 48.0 Å². The highest BCUT2D eigenvalue weighted by Gasteiger charge is 2.27. The first-order chi connectivity index (χ1) is 15.3. The summed E-state index contributed by atoms with van der Waals surface area (Å²) < 4.78 is 7.62. The number of likely N-dealkylation sites (N-methyl/N-ethyl adjacent to an activating group) is 1. The number of aryl methyl sites for hydroxylation is 2. The summed E-state index contributed by atoms with van der Waals surface area (Å²) in [5.74, 6) is 0.410. The summed E-state index contributed by atoms with van der Waals surface area (Å²) in [6.07, 6.45) is 2.96. The molecule has 0 aliphatic rings. The normalized spacial score (nSPS) is 12.2. The zero-order valence-corrected chi connectivity index (χ0v) is 19.7. The van der Waals surface area contributed by atoms with Crippen LogP contribution in [0.4, 0.5) is 0 Å². The van der Waals surface area contributed by atoms with Crippen molar-refractivity contribution in [3.8, 4) is 0 Å². The van der Waals surface area contributed by atoms with Crippen LogP contribution >= 0.6 is 0 Å². The predicted molar refractivity (Wildman–Crippen MR) is 127 cm³/mol. The fourth-order valence-electron chi connectivity index (χ4n) is 3.91. The SMILES string of the molecule is Cc1cc(=O)c(C(=O)N(C)C(C)c2ccco2)c(CCc2ccccc2)n1CCN(C)C. The van der Waals surface area contributed by atoms with Crippen LogP contribution < -0.4 is 5.43 Å². The summed E-state index contributed by atoms with van der Waals surface area (Å²) in [4.78, 5) is 30.4. The van der Waals surface area contributed by atoms with Crippen LogP contribution in [-0.2, 0) is 19.4 Å². The van der Waals surface area contributed by atoms with Gasteiger partial charge in [0.25, 0.3) is 5.91 Å². The number of aromatic nitrogens is 1. The lowest BCUT2D eigenvalue weighted by atomic mass is 10.0. The molecule has 0 bridgehead atoms. The van der Waals surface area contributed by atoms with Crippen LogP contribution in [0.5, 0.6) is 0 Å². The lowest BCUT2D eigenvalue weighted by molar-refractivity contribution is 0.0722. The van der Waals surface area contributed by atoms with Crippen molar-refractivity contribution in [3.05, 3.63) is 93.3 Å². The van der Waals surface area contributed by atoms with E-state index < -0.39 is 0 Å². The third-order valence-electron chi connectivity index (χ3n) is 5.96. The largest absolute Gasteiger partial charge is 0.467 e. The minimum atomic E-state index is -0.282. The quantitative estimate of drug-likeness (QED) is 0.511. The third kappa shape index (κ3) is 5.37. The lowest BCUT2D eigenvalue weighted by Gasteiger charge is -2.26. The molecule has 0 aliphatic heterocycles. The van der Waals surface area contributed by atoms with Gasteiger partial charge in [0.2, 0.25) is 0 Å². The second-order valence-electron chi connectivity index (χ2n) is 8.52. The van der Waals surface area contributed by atoms with Crippen LogP contribution in [0.1, 0.15) is 46.0 Å². The molecule has 0 spiro atoms. The Kier molecular flexibility index (Phi) is 7.70. The maximum atomic E-state index is 13.6. The van der Waals surface area contributed by atoms with Crippen LogP contribution in [0.25, 0.3) is 0 Å². The van der Waals surface area contributed by atoms with Crippen molar-refractivity contribution in [3.63, 3.8) is 0 Å². The Morgan fingerprint density at radius 1 is 1.06 bits per heavy atom. The molecule has 1 aromatic carbocycles. The van der Waals surface area contributed by atoms with Gasteiger partial charge in [0, 0.05) is 37.6 Å². The smallest absolute Gasteiger partial charge is 0.259 e. The molecule has 0 fully saturated rings. The average Bonchev–Trinajstić information content (AvgIpc) is 3.31. The molecule has 1 amide bonds. The molecular weight excluding hydrogens is 402 g/mol. The molecule has 0 saturated carbocycles. The third-order valence-corrected chi connectivity index (χ3v) is 5.96. The maximum absolute atomic E-state index is 13.6. The topological polar surface area (TPSA) is 58.7 Å². The number of benzene rings is 1. The first kappa shape index (κ1) is 23.5. The number of hydrogen-bond acceptors (Lipinski definition) is 4. The number of furan rings is 1. The van der Waals surface area contributed by atoms with Crippen molar-refractivity contribution >= 4 is 5.91 Å². The summed E-state index contributed by atoms with van der Waals surface area (Å²) in [6.45, 7) is 5.36. The molecule has 2 heterocycles. The van der Waals surface area contributed by atoms with Gasteiger partial charge in [-0.05, 0) is 58.5 Å². The first-order valence-electron chi connectivity index (χ1n) is 11.0. The molecule has 3 aromatic rings. The maximum Gasteiger partial charge on any atom is 0.259 e. The van der Waals surface area contributed by atoms with E-state index in [0.717, 1.165) is 24.4 Å². The second kappa shape index (κ2) is 10.5. The lowest BCUT2D eigenvalue weighted by Crippen LogP contribution is -2.36. The number of nitrogens with zero attached hydrogens (tertiary/aromatic N) is 3. The summed E-state index contributed by atoms with van der Waals surface area (Å²) >= 11 is 0. The van der Waals surface area contributed by atoms with Crippen molar-refractivity contribution in [1.29, 1.82) is 0 Å². The molecule has 0 radical (unpaired) electrons. The number of hydrogen-bond donors (Lipinski definition) is 0. The van der Waals surface area contributed by atoms with Gasteiger partial charge in [-0.3, -0.25) is 9.59 Å². The molecule has 2 aromatic heterocycles. The van der Waals surface area contributed by atoms with Gasteiger partial charge in [0.05, 0.1) is 12.3 Å². The van der Waals surface area contributed by atoms with E-state index in [2.05, 4.69) is 21.6 Å². The molecule has 1 atom stereocenters. The highest BCUT2D eigenvalue weighted by atomic mass is 16.3. The van der Waals surface area contributed by atoms with Gasteiger partial charge in [-0.15, -0.1) is 0 Å². The van der Waals surface area contributed by atoms with E-state index in [-0.39, 0.29) is 22.9 Å². The molecular formula is C26H33N3O3. The first-order valence-corrected chi connectivity index (χ1v) is 11.0. The predicted octanol–water partition coefficient (Wildman–Crippen LogP) is 3.93. The Morgan fingerprint density at radius 2 is 1.78 bits per heavy atom. The van der Waals surface area contributed by atoms with E-state index >= 15 is 0 Å². The highest BCUT2D eigenvalue weighted by molar-refractivity contribution is 5.95. The second-order valence-corrected chi connectivity index (χ2v) is 8.52. The fraction of sp³-hybridized carbons (Fsp3) is 0.385. The highest BCUT2D eigenvalue weighted by Crippen LogP contribution is 2.22. The Bertz CT molecular complexity index is 1090. The zero-order valence-electron chi connectivity index (χ0n) is 19.7. The summed E-state index contributed by atoms with van der Waals surface area (Å²) in [7, 11) is 5.76. The van der Waals surface area contributed by atoms with E-state index in [1.807, 2.05) is 52.2 Å². The number of pyridine rings is 1. The van der Waals surface area contributed by atoms with E-state index in [1.54, 1.807) is 30.3 Å². The van der Waals surface area contributed by atoms with Gasteiger partial charge in [-0.1, -0.05) is 30.3 Å². The summed E-state index contributed by atoms with van der Waals surface area (Å²) in [5, 5.41) is 0. The molecule has 32 heavy (non-hydrogen) atoms. The molecule has 3 rings (SSSR count). The molecule has 6 nitrogen and oxygen atoms in total. The van der Waals surface area contributed by atoms with E-state index in [0.29, 0.717) is 18.7 Å². The van der Waals surface area contributed by atoms with Gasteiger partial charge >= 0.3 is 0 Å². The van der Waals surface area contributed by atoms with E-state index in [4.69, 9.17) is 4.42 Å². The van der Waals surface area contributed by atoms with Crippen molar-refractivity contribution in [2.24, 2.45) is 0 Å². The molecule has 1 unspecified atom stereocenters. The number of carbonyl (C=O) groups is 1. The van der Waals surface area contributed by atoms with Crippen LogP contribution in [0, 0.1) is 6.92 Å². The Morgan fingerprint density at radius 3 is 2.41 bits per heavy atom. The summed E-state index contributed by atoms with van der Waals surface area (Å²) in [6, 6.07) is 15.1. The van der Waals surface area contributed by atoms with Crippen molar-refractivity contribution < 1.29 is 9.21 Å². The van der Waals surface area contributed by atoms with Crippen molar-refractivity contribution in [1.82, 2.24) is 14.4 Å². The fourth-order valence-corrected chi connectivity index (χ4v) is 3.91. The van der Waals surface area contributed by atoms with Gasteiger partial charge in [0.15, 0.2) is 5.43 Å². The molecule has 170 valence electrons. The number of amides is 1. The monoisotopic (exact) mass is 435 g/mol. The minimum Gasteiger partial charge on any atom is -0.467 e. The number of rotatable bonds is 9. The van der Waals surface area contributed by atoms with Crippen molar-refractivity contribution in [2.75, 3.05) is 27.7 Å². The van der Waals surface area contributed by atoms with E-state index in [1.165, 1.54) is 5.56 Å². The zero-order chi connectivity index (χ0) is 23.3. The Hall–Kier alpha value is -3.12. The summed E-state index contributed by atoms with van der Waals surface area (Å²) in [5.41, 5.74) is 2.88. The number of carbonyl (C=O) groups excluding carboxylic acids is 1. The molecule has 0 N–H and O–H groups in total. The Balaban J connectivity index is 2.03. The minimum absolute atomic E-state index is 0.227. The van der Waals surface area contributed by atoms with Gasteiger partial charge in [-0.2, -0.15) is 0 Å². The molecule has 6 heteroatoms. The molecule has 0 saturated heterocycles. The molecule has 0 aliphatic carbocycles. The average molecular weight is 436 g/mol. The van der Waals surface area contributed by atoms with Gasteiger partial charge in [-0.25, -0.2) is 0 Å².